The number of benzene rings is 1. The third kappa shape index (κ3) is 3.59. The van der Waals surface area contributed by atoms with Gasteiger partial charge in [0, 0.05) is 18.8 Å². The van der Waals surface area contributed by atoms with E-state index < -0.39 is 0 Å². The molecule has 3 rings (SSSR count). The molecule has 2 amide bonds. The Morgan fingerprint density at radius 1 is 1.21 bits per heavy atom. The Bertz CT molecular complexity index is 702. The van der Waals surface area contributed by atoms with Crippen molar-refractivity contribution in [1.82, 2.24) is 20.0 Å². The molecule has 1 unspecified atom stereocenters. The van der Waals surface area contributed by atoms with Crippen molar-refractivity contribution in [3.63, 3.8) is 0 Å². The van der Waals surface area contributed by atoms with Gasteiger partial charge in [0.15, 0.2) is 0 Å². The third-order valence-corrected chi connectivity index (χ3v) is 4.29. The van der Waals surface area contributed by atoms with Crippen LogP contribution in [0.3, 0.4) is 0 Å². The lowest BCUT2D eigenvalue weighted by atomic mass is 10.1. The van der Waals surface area contributed by atoms with E-state index in [9.17, 15) is 4.79 Å². The normalized spacial score (nSPS) is 16.0. The second-order valence-electron chi connectivity index (χ2n) is 6.20. The van der Waals surface area contributed by atoms with Gasteiger partial charge in [-0.1, -0.05) is 12.1 Å². The van der Waals surface area contributed by atoms with Gasteiger partial charge in [-0.25, -0.2) is 9.48 Å². The second-order valence-corrected chi connectivity index (χ2v) is 6.20. The van der Waals surface area contributed by atoms with Crippen molar-refractivity contribution < 1.29 is 9.53 Å². The van der Waals surface area contributed by atoms with E-state index in [2.05, 4.69) is 16.5 Å². The molecule has 1 fully saturated rings. The van der Waals surface area contributed by atoms with Crippen molar-refractivity contribution in [3.05, 3.63) is 47.3 Å². The Labute approximate surface area is 142 Å². The van der Waals surface area contributed by atoms with Gasteiger partial charge in [-0.3, -0.25) is 0 Å². The van der Waals surface area contributed by atoms with Crippen LogP contribution in [0, 0.1) is 13.8 Å². The Morgan fingerprint density at radius 3 is 2.46 bits per heavy atom. The predicted octanol–water partition coefficient (Wildman–Crippen LogP) is 2.59. The van der Waals surface area contributed by atoms with E-state index >= 15 is 0 Å². The van der Waals surface area contributed by atoms with Gasteiger partial charge in [-0.05, 0) is 44.5 Å². The van der Waals surface area contributed by atoms with Crippen LogP contribution in [0.25, 0.3) is 5.69 Å². The number of rotatable bonds is 3. The van der Waals surface area contributed by atoms with Gasteiger partial charge in [0.2, 0.25) is 0 Å². The number of ether oxygens (including phenoxy) is 1. The summed E-state index contributed by atoms with van der Waals surface area (Å²) in [5, 5.41) is 7.54. The minimum absolute atomic E-state index is 0.0339. The molecule has 1 aliphatic rings. The Kier molecular flexibility index (Phi) is 4.85. The number of aryl methyl sites for hydroxylation is 2. The van der Waals surface area contributed by atoms with E-state index in [1.807, 2.05) is 49.7 Å². The van der Waals surface area contributed by atoms with Crippen LogP contribution in [0.4, 0.5) is 4.79 Å². The van der Waals surface area contributed by atoms with Crippen LogP contribution in [0.1, 0.15) is 29.9 Å². The van der Waals surface area contributed by atoms with Gasteiger partial charge in [-0.15, -0.1) is 0 Å². The molecule has 6 heteroatoms. The quantitative estimate of drug-likeness (QED) is 0.942. The molecule has 0 bridgehead atoms. The number of hydrogen-bond donors (Lipinski definition) is 1. The van der Waals surface area contributed by atoms with Gasteiger partial charge in [-0.2, -0.15) is 5.10 Å². The van der Waals surface area contributed by atoms with Crippen molar-refractivity contribution in [2.45, 2.75) is 26.8 Å². The highest BCUT2D eigenvalue weighted by Crippen LogP contribution is 2.17. The molecule has 1 atom stereocenters. The maximum atomic E-state index is 12.3. The van der Waals surface area contributed by atoms with E-state index in [0.29, 0.717) is 26.3 Å². The van der Waals surface area contributed by atoms with Crippen LogP contribution >= 0.6 is 0 Å². The summed E-state index contributed by atoms with van der Waals surface area (Å²) in [6.45, 7) is 8.54. The van der Waals surface area contributed by atoms with Crippen LogP contribution in [0.5, 0.6) is 0 Å². The lowest BCUT2D eigenvalue weighted by Gasteiger charge is -2.28. The van der Waals surface area contributed by atoms with Gasteiger partial charge in [0.05, 0.1) is 30.6 Å². The lowest BCUT2D eigenvalue weighted by molar-refractivity contribution is 0.0526. The molecule has 1 aromatic carbocycles. The summed E-state index contributed by atoms with van der Waals surface area (Å²) in [7, 11) is 0. The Balaban J connectivity index is 1.66. The van der Waals surface area contributed by atoms with Crippen LogP contribution in [-0.4, -0.2) is 47.0 Å². The first-order valence-corrected chi connectivity index (χ1v) is 8.31. The molecule has 0 spiro atoms. The highest BCUT2D eigenvalue weighted by Gasteiger charge is 2.18. The topological polar surface area (TPSA) is 59.4 Å². The van der Waals surface area contributed by atoms with Crippen LogP contribution in [0.15, 0.2) is 30.3 Å². The van der Waals surface area contributed by atoms with Crippen LogP contribution < -0.4 is 5.32 Å². The fourth-order valence-electron chi connectivity index (χ4n) is 2.92. The molecule has 0 aliphatic carbocycles. The SMILES string of the molecule is Cc1cc(C)n(-c2ccc(C(C)NC(=O)N3CCOCC3)cc2)n1. The van der Waals surface area contributed by atoms with Gasteiger partial charge in [0.1, 0.15) is 0 Å². The van der Waals surface area contributed by atoms with E-state index in [0.717, 1.165) is 22.6 Å². The number of nitrogens with one attached hydrogen (secondary N) is 1. The largest absolute Gasteiger partial charge is 0.378 e. The zero-order valence-electron chi connectivity index (χ0n) is 14.5. The average Bonchev–Trinajstić information content (AvgIpc) is 2.94. The number of nitrogens with zero attached hydrogens (tertiary/aromatic N) is 3. The lowest BCUT2D eigenvalue weighted by Crippen LogP contribution is -2.46. The summed E-state index contributed by atoms with van der Waals surface area (Å²) in [5.74, 6) is 0. The van der Waals surface area contributed by atoms with Crippen molar-refractivity contribution >= 4 is 6.03 Å². The Hall–Kier alpha value is -2.34. The van der Waals surface area contributed by atoms with Gasteiger partial charge in [0.25, 0.3) is 0 Å². The molecule has 2 aromatic rings. The number of carbonyl (C=O) groups excluding carboxylic acids is 1. The highest BCUT2D eigenvalue weighted by molar-refractivity contribution is 5.74. The molecule has 0 saturated carbocycles. The maximum Gasteiger partial charge on any atom is 0.318 e. The van der Waals surface area contributed by atoms with Crippen molar-refractivity contribution in [2.75, 3.05) is 26.3 Å². The van der Waals surface area contributed by atoms with Crippen LogP contribution in [-0.2, 0) is 4.74 Å². The molecule has 24 heavy (non-hydrogen) atoms. The molecular formula is C18H24N4O2. The predicted molar refractivity (Wildman–Crippen MR) is 92.4 cm³/mol. The number of aromatic nitrogens is 2. The smallest absolute Gasteiger partial charge is 0.318 e. The number of urea groups is 1. The van der Waals surface area contributed by atoms with Crippen molar-refractivity contribution in [3.8, 4) is 5.69 Å². The fourth-order valence-corrected chi connectivity index (χ4v) is 2.92. The summed E-state index contributed by atoms with van der Waals surface area (Å²) >= 11 is 0. The minimum Gasteiger partial charge on any atom is -0.378 e. The third-order valence-electron chi connectivity index (χ3n) is 4.29. The first-order valence-electron chi connectivity index (χ1n) is 8.31. The average molecular weight is 328 g/mol. The van der Waals surface area contributed by atoms with E-state index in [4.69, 9.17) is 4.74 Å². The first kappa shape index (κ1) is 16.5. The summed E-state index contributed by atoms with van der Waals surface area (Å²) in [6, 6.07) is 10.1. The summed E-state index contributed by atoms with van der Waals surface area (Å²) in [4.78, 5) is 14.1. The van der Waals surface area contributed by atoms with E-state index in [-0.39, 0.29) is 12.1 Å². The highest BCUT2D eigenvalue weighted by atomic mass is 16.5. The van der Waals surface area contributed by atoms with Gasteiger partial charge < -0.3 is 15.0 Å². The summed E-state index contributed by atoms with van der Waals surface area (Å²) in [6.07, 6.45) is 0. The van der Waals surface area contributed by atoms with E-state index in [1.165, 1.54) is 0 Å². The monoisotopic (exact) mass is 328 g/mol. The zero-order valence-corrected chi connectivity index (χ0v) is 14.5. The molecule has 0 radical (unpaired) electrons. The van der Waals surface area contributed by atoms with Crippen molar-refractivity contribution in [2.24, 2.45) is 0 Å². The molecule has 1 N–H and O–H groups in total. The molecule has 128 valence electrons. The molecule has 6 nitrogen and oxygen atoms in total. The number of morpholine rings is 1. The first-order chi connectivity index (χ1) is 11.5. The molecule has 1 saturated heterocycles. The molecule has 2 heterocycles. The summed E-state index contributed by atoms with van der Waals surface area (Å²) in [5.41, 5.74) is 4.20. The van der Waals surface area contributed by atoms with Crippen molar-refractivity contribution in [1.29, 1.82) is 0 Å². The standard InChI is InChI=1S/C18H24N4O2/c1-13-12-14(2)22(20-13)17-6-4-16(5-7-17)15(3)19-18(23)21-8-10-24-11-9-21/h4-7,12,15H,8-11H2,1-3H3,(H,19,23). The number of carbonyl (C=O) groups is 1. The molecule has 1 aromatic heterocycles. The van der Waals surface area contributed by atoms with Crippen LogP contribution in [0.2, 0.25) is 0 Å². The number of hydrogen-bond acceptors (Lipinski definition) is 3. The fraction of sp³-hybridized carbons (Fsp3) is 0.444. The van der Waals surface area contributed by atoms with Gasteiger partial charge >= 0.3 is 6.03 Å². The number of amides is 2. The summed E-state index contributed by atoms with van der Waals surface area (Å²) < 4.78 is 7.20. The Morgan fingerprint density at radius 2 is 1.88 bits per heavy atom. The minimum atomic E-state index is -0.0464. The second kappa shape index (κ2) is 7.05. The molecular weight excluding hydrogens is 304 g/mol. The zero-order chi connectivity index (χ0) is 17.1. The molecule has 1 aliphatic heterocycles. The van der Waals surface area contributed by atoms with E-state index in [1.54, 1.807) is 4.90 Å². The maximum absolute atomic E-state index is 12.3.